The number of thiophene rings is 1. The number of benzene rings is 4. The maximum Gasteiger partial charge on any atom is 0.0702 e. The molecule has 1 unspecified atom stereocenters. The molecule has 4 heterocycles. The Morgan fingerprint density at radius 2 is 1.65 bits per heavy atom. The number of nitrogens with two attached hydrogens (primary N) is 1. The van der Waals surface area contributed by atoms with E-state index in [-0.39, 0.29) is 5.92 Å². The van der Waals surface area contributed by atoms with Crippen molar-refractivity contribution in [1.29, 1.82) is 0 Å². The number of rotatable bonds is 7. The lowest BCUT2D eigenvalue weighted by Gasteiger charge is -2.14. The molecular formula is C46H37N5S. The zero-order valence-electron chi connectivity index (χ0n) is 29.0. The number of para-hydroxylation sites is 1. The Morgan fingerprint density at radius 1 is 0.865 bits per heavy atom. The van der Waals surface area contributed by atoms with Crippen LogP contribution in [-0.2, 0) is 0 Å². The van der Waals surface area contributed by atoms with E-state index in [1.165, 1.54) is 42.0 Å². The fraction of sp³-hybridized carbons (Fsp3) is 0.0870. The molecule has 2 N–H and O–H groups in total. The van der Waals surface area contributed by atoms with Gasteiger partial charge in [0.25, 0.3) is 0 Å². The second-order valence-electron chi connectivity index (χ2n) is 13.1. The predicted molar refractivity (Wildman–Crippen MR) is 225 cm³/mol. The minimum atomic E-state index is 0.140. The van der Waals surface area contributed by atoms with Gasteiger partial charge in [-0.2, -0.15) is 0 Å². The lowest BCUT2D eigenvalue weighted by atomic mass is 9.97. The molecule has 4 aromatic carbocycles. The van der Waals surface area contributed by atoms with Crippen molar-refractivity contribution in [3.05, 3.63) is 153 Å². The van der Waals surface area contributed by atoms with Crippen LogP contribution in [0.4, 0.5) is 5.69 Å². The first-order chi connectivity index (χ1) is 25.6. The molecule has 0 saturated heterocycles. The zero-order valence-corrected chi connectivity index (χ0v) is 29.8. The molecule has 4 aromatic heterocycles. The molecule has 1 aliphatic carbocycles. The average Bonchev–Trinajstić information content (AvgIpc) is 3.74. The number of allylic oxidation sites excluding steroid dienone is 6. The molecule has 6 heteroatoms. The largest absolute Gasteiger partial charge is 0.396 e. The minimum absolute atomic E-state index is 0.140. The monoisotopic (exact) mass is 691 g/mol. The van der Waals surface area contributed by atoms with Crippen molar-refractivity contribution in [2.45, 2.75) is 19.8 Å². The summed E-state index contributed by atoms with van der Waals surface area (Å²) in [5, 5.41) is 6.04. The Kier molecular flexibility index (Phi) is 7.82. The van der Waals surface area contributed by atoms with Crippen LogP contribution in [0.2, 0.25) is 0 Å². The molecule has 5 nitrogen and oxygen atoms in total. The van der Waals surface area contributed by atoms with E-state index < -0.39 is 0 Å². The van der Waals surface area contributed by atoms with Crippen LogP contribution in [0.3, 0.4) is 0 Å². The first kappa shape index (κ1) is 31.7. The van der Waals surface area contributed by atoms with Crippen molar-refractivity contribution >= 4 is 87.4 Å². The normalized spacial score (nSPS) is 15.4. The first-order valence-corrected chi connectivity index (χ1v) is 18.5. The molecule has 52 heavy (non-hydrogen) atoms. The summed E-state index contributed by atoms with van der Waals surface area (Å²) in [4.78, 5) is 9.18. The maximum atomic E-state index is 7.17. The number of anilines is 1. The summed E-state index contributed by atoms with van der Waals surface area (Å²) < 4.78 is 7.17. The quantitative estimate of drug-likeness (QED) is 0.169. The van der Waals surface area contributed by atoms with Crippen molar-refractivity contribution in [3.63, 3.8) is 0 Å². The van der Waals surface area contributed by atoms with E-state index in [0.717, 1.165) is 63.5 Å². The Labute approximate surface area is 306 Å². The maximum absolute atomic E-state index is 7.17. The highest BCUT2D eigenvalue weighted by molar-refractivity contribution is 7.27. The highest BCUT2D eigenvalue weighted by atomic mass is 32.1. The molecule has 9 rings (SSSR count). The topological polar surface area (TPSA) is 61.1 Å². The molecule has 8 aromatic rings. The second-order valence-corrected chi connectivity index (χ2v) is 14.2. The van der Waals surface area contributed by atoms with Gasteiger partial charge in [-0.3, -0.25) is 9.98 Å². The fourth-order valence-corrected chi connectivity index (χ4v) is 9.41. The highest BCUT2D eigenvalue weighted by Gasteiger charge is 2.23. The number of fused-ring (bicyclic) bond motifs is 9. The van der Waals surface area contributed by atoms with Crippen LogP contribution in [0.5, 0.6) is 0 Å². The van der Waals surface area contributed by atoms with E-state index >= 15 is 0 Å². The summed E-state index contributed by atoms with van der Waals surface area (Å²) in [6.45, 7) is 9.94. The second kappa shape index (κ2) is 12.8. The van der Waals surface area contributed by atoms with Crippen molar-refractivity contribution in [2.75, 3.05) is 5.73 Å². The summed E-state index contributed by atoms with van der Waals surface area (Å²) in [6.07, 6.45) is 18.3. The van der Waals surface area contributed by atoms with Crippen molar-refractivity contribution in [3.8, 4) is 16.9 Å². The molecular weight excluding hydrogens is 655 g/mol. The van der Waals surface area contributed by atoms with Gasteiger partial charge >= 0.3 is 0 Å². The number of aromatic nitrogens is 3. The van der Waals surface area contributed by atoms with Crippen LogP contribution in [0.15, 0.2) is 152 Å². The molecule has 0 saturated carbocycles. The molecule has 0 aliphatic heterocycles. The summed E-state index contributed by atoms with van der Waals surface area (Å²) in [7, 11) is 0. The van der Waals surface area contributed by atoms with E-state index in [9.17, 15) is 0 Å². The van der Waals surface area contributed by atoms with Gasteiger partial charge < -0.3 is 14.9 Å². The van der Waals surface area contributed by atoms with E-state index in [1.807, 2.05) is 48.7 Å². The number of pyridine rings is 1. The van der Waals surface area contributed by atoms with E-state index in [4.69, 9.17) is 5.73 Å². The molecule has 0 amide bonds. The third-order valence-corrected chi connectivity index (χ3v) is 11.5. The third kappa shape index (κ3) is 4.90. The number of nitrogens with zero attached hydrogens (tertiary/aromatic N) is 4. The van der Waals surface area contributed by atoms with Gasteiger partial charge in [-0.15, -0.1) is 11.3 Å². The lowest BCUT2D eigenvalue weighted by molar-refractivity contribution is 0.764. The number of aliphatic imine (C=N–C) groups is 1. The summed E-state index contributed by atoms with van der Waals surface area (Å²) in [5.41, 5.74) is 17.5. The lowest BCUT2D eigenvalue weighted by Crippen LogP contribution is -2.10. The van der Waals surface area contributed by atoms with Gasteiger partial charge in [-0.05, 0) is 80.5 Å². The van der Waals surface area contributed by atoms with Crippen LogP contribution in [-0.4, -0.2) is 19.8 Å². The molecule has 0 spiro atoms. The zero-order chi connectivity index (χ0) is 35.3. The van der Waals surface area contributed by atoms with Gasteiger partial charge in [0.1, 0.15) is 0 Å². The van der Waals surface area contributed by atoms with Crippen LogP contribution in [0, 0.1) is 5.92 Å². The van der Waals surface area contributed by atoms with Crippen LogP contribution >= 0.6 is 11.3 Å². The van der Waals surface area contributed by atoms with E-state index in [0.29, 0.717) is 0 Å². The number of hydrogen-bond donors (Lipinski definition) is 1. The summed E-state index contributed by atoms with van der Waals surface area (Å²) >= 11 is 1.84. The van der Waals surface area contributed by atoms with Crippen LogP contribution < -0.4 is 5.73 Å². The Bertz CT molecular complexity index is 2860. The first-order valence-electron chi connectivity index (χ1n) is 17.7. The average molecular weight is 692 g/mol. The Balaban J connectivity index is 1.31. The van der Waals surface area contributed by atoms with Crippen molar-refractivity contribution < 1.29 is 0 Å². The standard InChI is InChI=1S/C46H37N5S/c1-4-14-41-44(47)43-40(51(41)32-18-13-16-30(28-32)37-20-11-12-26-49-37)25-23-34-33-22-24-39-42(45(33)52-46(34)43)35-19-9-10-21-38(35)50(39)31-17-8-7-15-29(27-31)36(5-2)48-6-3/h4-6,8-14,16-29H,2-3,7,15,47H2,1H3/b14-4-,48-36?. The van der Waals surface area contributed by atoms with Gasteiger partial charge in [0, 0.05) is 77.3 Å². The molecule has 0 radical (unpaired) electrons. The highest BCUT2D eigenvalue weighted by Crippen LogP contribution is 2.48. The van der Waals surface area contributed by atoms with E-state index in [1.54, 1.807) is 6.20 Å². The molecule has 252 valence electrons. The van der Waals surface area contributed by atoms with Gasteiger partial charge in [-0.25, -0.2) is 0 Å². The number of nitrogen functional groups attached to an aromatic ring is 1. The predicted octanol–water partition coefficient (Wildman–Crippen LogP) is 12.4. The van der Waals surface area contributed by atoms with Crippen molar-refractivity contribution in [1.82, 2.24) is 14.1 Å². The van der Waals surface area contributed by atoms with E-state index in [2.05, 4.69) is 135 Å². The van der Waals surface area contributed by atoms with Crippen LogP contribution in [0.25, 0.3) is 81.6 Å². The third-order valence-electron chi connectivity index (χ3n) is 10.2. The van der Waals surface area contributed by atoms with Gasteiger partial charge in [0.15, 0.2) is 0 Å². The summed E-state index contributed by atoms with van der Waals surface area (Å²) in [6, 6.07) is 32.4. The van der Waals surface area contributed by atoms with Gasteiger partial charge in [0.2, 0.25) is 0 Å². The SMILES string of the molecule is C=CN=C(C=C)C1C=C(n2c3ccccc3c3c4sc5c(ccc6c5c(N)c(/C=C\C)n6-c5cccc(-c6ccccn6)c5)c4ccc32)C=CCC1. The Hall–Kier alpha value is -6.24. The van der Waals surface area contributed by atoms with Crippen LogP contribution in [0.1, 0.15) is 25.5 Å². The van der Waals surface area contributed by atoms with Gasteiger partial charge in [0.05, 0.1) is 33.6 Å². The summed E-state index contributed by atoms with van der Waals surface area (Å²) in [5.74, 6) is 0.140. The molecule has 0 fully saturated rings. The molecule has 0 bridgehead atoms. The van der Waals surface area contributed by atoms with Gasteiger partial charge in [-0.1, -0.05) is 79.9 Å². The van der Waals surface area contributed by atoms with Crippen molar-refractivity contribution in [2.24, 2.45) is 10.9 Å². The molecule has 1 atom stereocenters. The number of hydrogen-bond acceptors (Lipinski definition) is 4. The Morgan fingerprint density at radius 3 is 2.42 bits per heavy atom. The smallest absolute Gasteiger partial charge is 0.0702 e. The minimum Gasteiger partial charge on any atom is -0.396 e. The molecule has 1 aliphatic rings. The fourth-order valence-electron chi connectivity index (χ4n) is 7.99.